The fourth-order valence-electron chi connectivity index (χ4n) is 7.31. The minimum Gasteiger partial charge on any atom is -0.496 e. The van der Waals surface area contributed by atoms with Crippen molar-refractivity contribution < 1.29 is 52.7 Å². The van der Waals surface area contributed by atoms with Gasteiger partial charge >= 0.3 is 0 Å². The van der Waals surface area contributed by atoms with E-state index in [0.717, 1.165) is 0 Å². The van der Waals surface area contributed by atoms with Gasteiger partial charge in [0.1, 0.15) is 42.0 Å². The number of methoxy groups -OCH3 is 1. The van der Waals surface area contributed by atoms with Gasteiger partial charge in [0.2, 0.25) is 47.3 Å². The number of hydrogen-bond donors (Lipinski definition) is 10. The molecule has 2 aromatic carbocycles. The number of carbonyl (C=O) groups is 10. The molecule has 22 heteroatoms. The van der Waals surface area contributed by atoms with Crippen molar-refractivity contribution >= 4 is 64.8 Å². The second-order valence-electron chi connectivity index (χ2n) is 17.9. The number of rotatable bonds is 23. The molecule has 0 unspecified atom stereocenters. The molecule has 10 amide bonds. The number of nitrogens with one attached hydrogen (secondary N) is 9. The van der Waals surface area contributed by atoms with Gasteiger partial charge in [-0.05, 0) is 47.4 Å². The van der Waals surface area contributed by atoms with E-state index in [1.807, 2.05) is 6.92 Å². The van der Waals surface area contributed by atoms with Crippen LogP contribution in [-0.4, -0.2) is 120 Å². The second kappa shape index (κ2) is 26.4. The van der Waals surface area contributed by atoms with Crippen molar-refractivity contribution in [3.05, 3.63) is 59.7 Å². The van der Waals surface area contributed by atoms with Crippen molar-refractivity contribution in [2.75, 3.05) is 25.5 Å². The van der Waals surface area contributed by atoms with Crippen LogP contribution in [0.1, 0.15) is 91.1 Å². The van der Waals surface area contributed by atoms with Gasteiger partial charge in [-0.2, -0.15) is 0 Å². The number of ether oxygens (including phenoxy) is 1. The smallest absolute Gasteiger partial charge is 0.273 e. The Morgan fingerprint density at radius 1 is 0.725 bits per heavy atom. The van der Waals surface area contributed by atoms with Crippen LogP contribution in [-0.2, 0) is 49.7 Å². The zero-order valence-electron chi connectivity index (χ0n) is 40.9. The van der Waals surface area contributed by atoms with Crippen LogP contribution in [0.15, 0.2) is 48.5 Å². The Labute approximate surface area is 402 Å². The maximum absolute atomic E-state index is 14.2. The Bertz CT molecular complexity index is 2190. The minimum atomic E-state index is -1.37. The lowest BCUT2D eigenvalue weighted by Gasteiger charge is -2.39. The molecule has 1 heterocycles. The first kappa shape index (κ1) is 56.2. The highest BCUT2D eigenvalue weighted by atomic mass is 16.5. The normalized spacial score (nSPS) is 16.8. The summed E-state index contributed by atoms with van der Waals surface area (Å²) in [7, 11) is 1.34. The Balaban J connectivity index is 1.76. The third-order valence-corrected chi connectivity index (χ3v) is 11.5. The van der Waals surface area contributed by atoms with Crippen LogP contribution in [0.25, 0.3) is 0 Å². The largest absolute Gasteiger partial charge is 0.496 e. The molecule has 1 aliphatic rings. The highest BCUT2D eigenvalue weighted by Gasteiger charge is 2.43. The van der Waals surface area contributed by atoms with Crippen LogP contribution in [0.5, 0.6) is 5.75 Å². The van der Waals surface area contributed by atoms with Gasteiger partial charge < -0.3 is 52.6 Å². The zero-order chi connectivity index (χ0) is 51.7. The van der Waals surface area contributed by atoms with Gasteiger partial charge in [-0.15, -0.1) is 0 Å². The fourth-order valence-corrected chi connectivity index (χ4v) is 7.31. The Morgan fingerprint density at radius 3 is 1.84 bits per heavy atom. The topological polar surface area (TPSA) is 317 Å². The summed E-state index contributed by atoms with van der Waals surface area (Å²) in [6.07, 6.45) is -0.124. The lowest BCUT2D eigenvalue weighted by molar-refractivity contribution is -0.151. The minimum absolute atomic E-state index is 0.00759. The Kier molecular flexibility index (Phi) is 21.5. The van der Waals surface area contributed by atoms with E-state index in [2.05, 4.69) is 48.1 Å². The van der Waals surface area contributed by atoms with Crippen molar-refractivity contribution in [3.8, 4) is 5.75 Å². The lowest BCUT2D eigenvalue weighted by atomic mass is 9.95. The van der Waals surface area contributed by atoms with Crippen LogP contribution < -0.4 is 58.5 Å². The van der Waals surface area contributed by atoms with Gasteiger partial charge in [-0.1, -0.05) is 92.1 Å². The van der Waals surface area contributed by atoms with Crippen molar-refractivity contribution in [3.63, 3.8) is 0 Å². The van der Waals surface area contributed by atoms with Crippen LogP contribution in [0.3, 0.4) is 0 Å². The molecule has 1 saturated heterocycles. The second-order valence-corrected chi connectivity index (χ2v) is 17.9. The average molecular weight is 964 g/mol. The molecule has 0 spiro atoms. The number of nitrogens with two attached hydrogens (primary N) is 1. The fraction of sp³-hybridized carbons (Fsp3) is 0.532. The number of benzene rings is 2. The Morgan fingerprint density at radius 2 is 1.29 bits per heavy atom. The van der Waals surface area contributed by atoms with Crippen LogP contribution in [0, 0.1) is 23.7 Å². The van der Waals surface area contributed by atoms with Gasteiger partial charge in [-0.25, -0.2) is 0 Å². The van der Waals surface area contributed by atoms with E-state index in [4.69, 9.17) is 10.5 Å². The maximum Gasteiger partial charge on any atom is 0.273 e. The van der Waals surface area contributed by atoms with Crippen molar-refractivity contribution in [1.29, 1.82) is 0 Å². The van der Waals surface area contributed by atoms with Crippen LogP contribution >= 0.6 is 0 Å². The van der Waals surface area contributed by atoms with E-state index in [9.17, 15) is 47.9 Å². The summed E-state index contributed by atoms with van der Waals surface area (Å²) in [6, 6.07) is 6.03. The molecule has 0 saturated carbocycles. The number of amides is 10. The van der Waals surface area contributed by atoms with E-state index in [-0.39, 0.29) is 42.8 Å². The average Bonchev–Trinajstić information content (AvgIpc) is 3.30. The standard InChI is InChI=1S/C47H69N11O11/c1-11-27(8)40(55-45(66)38(25(4)5)54-44(65)37(24(2)3)53-36(61)21-48)43(64)49-22-33-42(63)51-32(47(68)58(33)23-29-15-13-12-14-16-29)20-35(60)52-39(26(6)7)46(67)57-56-41(62)31-19-30(50-28(9)59)17-18-34(31)69-10/h12-19,24-27,32-33,37-40H,11,20-23,48H2,1-10H3,(H,49,64)(H,50,59)(H,51,63)(H,52,60)(H,53,61)(H,54,65)(H,55,66)(H,56,62)(H,57,67)/t27-,32-,33-,37-,38-,39-,40-/m0/s1. The molecule has 3 rings (SSSR count). The molecule has 0 bridgehead atoms. The van der Waals surface area contributed by atoms with Crippen molar-refractivity contribution in [1.82, 2.24) is 47.7 Å². The molecule has 1 fully saturated rings. The SMILES string of the molecule is CC[C@H](C)[C@H](NC(=O)[C@@H](NC(=O)[C@@H](NC(=O)CN)C(C)C)C(C)C)C(=O)NC[C@H]1C(=O)N[C@@H](CC(=O)N[C@H](C(=O)NNC(=O)c2cc(NC(C)=O)ccc2OC)C(C)C)C(=O)N1Cc1ccccc1. The number of nitrogens with zero attached hydrogens (tertiary/aromatic N) is 1. The summed E-state index contributed by atoms with van der Waals surface area (Å²) in [5.74, 6) is -8.10. The molecular weight excluding hydrogens is 895 g/mol. The zero-order valence-corrected chi connectivity index (χ0v) is 40.9. The number of hydrazine groups is 1. The summed E-state index contributed by atoms with van der Waals surface area (Å²) in [5.41, 5.74) is 11.0. The van der Waals surface area contributed by atoms with E-state index in [1.165, 1.54) is 37.1 Å². The third kappa shape index (κ3) is 16.3. The summed E-state index contributed by atoms with van der Waals surface area (Å²) >= 11 is 0. The highest BCUT2D eigenvalue weighted by molar-refractivity contribution is 6.02. The molecule has 1 aliphatic heterocycles. The third-order valence-electron chi connectivity index (χ3n) is 11.5. The number of carbonyl (C=O) groups excluding carboxylic acids is 10. The van der Waals surface area contributed by atoms with E-state index in [1.54, 1.807) is 78.8 Å². The molecule has 22 nitrogen and oxygen atoms in total. The molecule has 378 valence electrons. The molecule has 69 heavy (non-hydrogen) atoms. The first-order chi connectivity index (χ1) is 32.5. The van der Waals surface area contributed by atoms with Gasteiger partial charge in [0.05, 0.1) is 25.6 Å². The molecule has 2 aromatic rings. The molecule has 0 radical (unpaired) electrons. The van der Waals surface area contributed by atoms with Crippen molar-refractivity contribution in [2.45, 2.75) is 118 Å². The first-order valence-corrected chi connectivity index (χ1v) is 22.9. The van der Waals surface area contributed by atoms with Crippen molar-refractivity contribution in [2.24, 2.45) is 29.4 Å². The van der Waals surface area contributed by atoms with Crippen LogP contribution in [0.2, 0.25) is 0 Å². The van der Waals surface area contributed by atoms with Gasteiger partial charge in [0.25, 0.3) is 11.8 Å². The maximum atomic E-state index is 14.2. The quantitative estimate of drug-likeness (QED) is 0.0644. The van der Waals surface area contributed by atoms with E-state index in [0.29, 0.717) is 17.7 Å². The molecular formula is C47H69N11O11. The monoisotopic (exact) mass is 964 g/mol. The highest BCUT2D eigenvalue weighted by Crippen LogP contribution is 2.23. The van der Waals surface area contributed by atoms with E-state index >= 15 is 0 Å². The molecule has 0 aliphatic carbocycles. The number of piperazine rings is 1. The van der Waals surface area contributed by atoms with Gasteiger partial charge in [0.15, 0.2) is 0 Å². The predicted octanol–water partition coefficient (Wildman–Crippen LogP) is -0.271. The van der Waals surface area contributed by atoms with E-state index < -0.39 is 114 Å². The predicted molar refractivity (Wildman–Crippen MR) is 254 cm³/mol. The lowest BCUT2D eigenvalue weighted by Crippen LogP contribution is -2.67. The first-order valence-electron chi connectivity index (χ1n) is 22.9. The molecule has 7 atom stereocenters. The number of hydrogen-bond acceptors (Lipinski definition) is 12. The summed E-state index contributed by atoms with van der Waals surface area (Å²) in [5, 5.41) is 18.5. The van der Waals surface area contributed by atoms with Crippen LogP contribution in [0.4, 0.5) is 5.69 Å². The molecule has 11 N–H and O–H groups in total. The summed E-state index contributed by atoms with van der Waals surface area (Å²) < 4.78 is 5.25. The number of anilines is 1. The summed E-state index contributed by atoms with van der Waals surface area (Å²) in [4.78, 5) is 134. The molecule has 0 aromatic heterocycles. The summed E-state index contributed by atoms with van der Waals surface area (Å²) in [6.45, 7) is 14.2. The van der Waals surface area contributed by atoms with Gasteiger partial charge in [-0.3, -0.25) is 58.8 Å². The van der Waals surface area contributed by atoms with Gasteiger partial charge in [0, 0.05) is 25.7 Å². The Hall–Kier alpha value is -7.10.